The smallest absolute Gasteiger partial charge is 0.315 e. The van der Waals surface area contributed by atoms with Crippen LogP contribution in [0.2, 0.25) is 0 Å². The van der Waals surface area contributed by atoms with Crippen molar-refractivity contribution in [3.8, 4) is 0 Å². The summed E-state index contributed by atoms with van der Waals surface area (Å²) in [6.45, 7) is 0. The van der Waals surface area contributed by atoms with Crippen LogP contribution >= 0.6 is 0 Å². The highest BCUT2D eigenvalue weighted by Crippen LogP contribution is 2.32. The third-order valence-corrected chi connectivity index (χ3v) is 3.49. The molecule has 0 saturated carbocycles. The van der Waals surface area contributed by atoms with E-state index < -0.39 is 11.9 Å². The van der Waals surface area contributed by atoms with Crippen molar-refractivity contribution < 1.29 is 9.90 Å². The zero-order chi connectivity index (χ0) is 13.9. The average Bonchev–Trinajstić information content (AvgIpc) is 2.78. The first-order chi connectivity index (χ1) is 9.75. The molecular formula is C18H14O2. The van der Waals surface area contributed by atoms with E-state index in [9.17, 15) is 9.90 Å². The Morgan fingerprint density at radius 1 is 0.950 bits per heavy atom. The summed E-state index contributed by atoms with van der Waals surface area (Å²) in [5.74, 6) is -1.41. The van der Waals surface area contributed by atoms with Crippen molar-refractivity contribution in [1.82, 2.24) is 0 Å². The quantitative estimate of drug-likeness (QED) is 0.881. The molecule has 20 heavy (non-hydrogen) atoms. The summed E-state index contributed by atoms with van der Waals surface area (Å²) in [6, 6.07) is 9.99. The van der Waals surface area contributed by atoms with E-state index >= 15 is 0 Å². The molecule has 1 atom stereocenters. The van der Waals surface area contributed by atoms with E-state index in [1.807, 2.05) is 72.9 Å². The van der Waals surface area contributed by atoms with Crippen LogP contribution in [-0.2, 0) is 4.79 Å². The fraction of sp³-hybridized carbons (Fsp3) is 0.0556. The van der Waals surface area contributed by atoms with Gasteiger partial charge >= 0.3 is 5.97 Å². The Hall–Kier alpha value is -2.61. The monoisotopic (exact) mass is 262 g/mol. The zero-order valence-electron chi connectivity index (χ0n) is 10.9. The number of fused-ring (bicyclic) bond motifs is 2. The largest absolute Gasteiger partial charge is 0.481 e. The Bertz CT molecular complexity index is 685. The van der Waals surface area contributed by atoms with Gasteiger partial charge in [0.1, 0.15) is 5.92 Å². The fourth-order valence-corrected chi connectivity index (χ4v) is 2.51. The predicted octanol–water partition coefficient (Wildman–Crippen LogP) is 3.76. The number of benzene rings is 1. The molecule has 0 saturated heterocycles. The maximum Gasteiger partial charge on any atom is 0.315 e. The minimum Gasteiger partial charge on any atom is -0.481 e. The number of allylic oxidation sites excluding steroid dienone is 8. The number of hydrogen-bond donors (Lipinski definition) is 1. The van der Waals surface area contributed by atoms with Crippen LogP contribution in [0.3, 0.4) is 0 Å². The summed E-state index contributed by atoms with van der Waals surface area (Å²) in [6.07, 6.45) is 13.3. The Labute approximate surface area is 117 Å². The summed E-state index contributed by atoms with van der Waals surface area (Å²) in [5, 5.41) is 9.48. The van der Waals surface area contributed by atoms with Crippen LogP contribution in [0.25, 0.3) is 5.57 Å². The molecule has 0 spiro atoms. The molecule has 2 aliphatic carbocycles. The minimum absolute atomic E-state index is 0.595. The molecule has 98 valence electrons. The van der Waals surface area contributed by atoms with Gasteiger partial charge in [0.05, 0.1) is 0 Å². The predicted molar refractivity (Wildman–Crippen MR) is 80.0 cm³/mol. The maximum atomic E-state index is 11.5. The molecule has 0 radical (unpaired) electrons. The van der Waals surface area contributed by atoms with Gasteiger partial charge in [-0.3, -0.25) is 4.79 Å². The van der Waals surface area contributed by atoms with Gasteiger partial charge in [0.2, 0.25) is 0 Å². The van der Waals surface area contributed by atoms with E-state index in [1.54, 1.807) is 0 Å². The molecule has 3 rings (SSSR count). The van der Waals surface area contributed by atoms with Crippen LogP contribution in [0.15, 0.2) is 84.0 Å². The van der Waals surface area contributed by atoms with Crippen molar-refractivity contribution in [3.63, 3.8) is 0 Å². The van der Waals surface area contributed by atoms with Crippen LogP contribution in [0, 0.1) is 5.92 Å². The zero-order valence-corrected chi connectivity index (χ0v) is 10.9. The Morgan fingerprint density at radius 2 is 1.65 bits per heavy atom. The number of aliphatic carboxylic acids is 1. The highest BCUT2D eigenvalue weighted by molar-refractivity contribution is 5.86. The lowest BCUT2D eigenvalue weighted by Gasteiger charge is -2.12. The molecule has 0 aliphatic heterocycles. The molecular weight excluding hydrogens is 248 g/mol. The topological polar surface area (TPSA) is 37.3 Å². The molecule has 1 unspecified atom stereocenters. The first kappa shape index (κ1) is 12.4. The maximum absolute atomic E-state index is 11.5. The molecule has 0 amide bonds. The van der Waals surface area contributed by atoms with Crippen molar-refractivity contribution in [2.45, 2.75) is 0 Å². The van der Waals surface area contributed by atoms with Gasteiger partial charge in [-0.05, 0) is 28.4 Å². The van der Waals surface area contributed by atoms with E-state index in [-0.39, 0.29) is 0 Å². The molecule has 1 aromatic rings. The number of hydrogen-bond acceptors (Lipinski definition) is 1. The number of rotatable bonds is 2. The van der Waals surface area contributed by atoms with Crippen LogP contribution < -0.4 is 0 Å². The van der Waals surface area contributed by atoms with Gasteiger partial charge in [-0.15, -0.1) is 0 Å². The van der Waals surface area contributed by atoms with Gasteiger partial charge in [-0.2, -0.15) is 0 Å². The second-order valence-corrected chi connectivity index (χ2v) is 4.79. The summed E-state index contributed by atoms with van der Waals surface area (Å²) in [7, 11) is 0. The normalized spacial score (nSPS) is 20.4. The number of carboxylic acid groups (broad SMARTS) is 1. The van der Waals surface area contributed by atoms with E-state index in [4.69, 9.17) is 0 Å². The molecule has 2 nitrogen and oxygen atoms in total. The minimum atomic E-state index is -0.818. The van der Waals surface area contributed by atoms with Gasteiger partial charge in [0.25, 0.3) is 0 Å². The van der Waals surface area contributed by atoms with E-state index in [1.165, 1.54) is 0 Å². The van der Waals surface area contributed by atoms with Crippen LogP contribution in [0.1, 0.15) is 5.56 Å². The Balaban J connectivity index is 2.13. The summed E-state index contributed by atoms with van der Waals surface area (Å²) in [5.41, 5.74) is 3.73. The van der Waals surface area contributed by atoms with Crippen molar-refractivity contribution >= 4 is 11.5 Å². The van der Waals surface area contributed by atoms with Crippen molar-refractivity contribution in [2.24, 2.45) is 5.92 Å². The van der Waals surface area contributed by atoms with Crippen LogP contribution in [-0.4, -0.2) is 11.1 Å². The van der Waals surface area contributed by atoms with E-state index in [0.29, 0.717) is 0 Å². The molecule has 2 bridgehead atoms. The number of carbonyl (C=O) groups is 1. The SMILES string of the molecule is O=C(O)C1C2=CC=CC=C1C=C(c1ccccc1)C=C2. The first-order valence-corrected chi connectivity index (χ1v) is 6.52. The van der Waals surface area contributed by atoms with E-state index in [2.05, 4.69) is 0 Å². The lowest BCUT2D eigenvalue weighted by Crippen LogP contribution is -2.16. The number of carboxylic acids is 1. The van der Waals surface area contributed by atoms with E-state index in [0.717, 1.165) is 22.3 Å². The standard InChI is InChI=1S/C18H14O2/c19-18(20)17-14-8-4-5-9-16(17)12-15(11-10-14)13-6-2-1-3-7-13/h1-12,17H,(H,19,20). The van der Waals surface area contributed by atoms with Crippen molar-refractivity contribution in [3.05, 3.63) is 89.6 Å². The van der Waals surface area contributed by atoms with Gasteiger partial charge in [-0.1, -0.05) is 66.8 Å². The molecule has 2 heteroatoms. The molecule has 0 heterocycles. The first-order valence-electron chi connectivity index (χ1n) is 6.52. The van der Waals surface area contributed by atoms with Crippen molar-refractivity contribution in [1.29, 1.82) is 0 Å². The molecule has 1 aromatic carbocycles. The van der Waals surface area contributed by atoms with Crippen LogP contribution in [0.4, 0.5) is 0 Å². The Morgan fingerprint density at radius 3 is 2.35 bits per heavy atom. The summed E-state index contributed by atoms with van der Waals surface area (Å²) in [4.78, 5) is 11.5. The molecule has 1 N–H and O–H groups in total. The second kappa shape index (κ2) is 5.17. The third-order valence-electron chi connectivity index (χ3n) is 3.49. The van der Waals surface area contributed by atoms with Gasteiger partial charge in [0.15, 0.2) is 0 Å². The molecule has 0 aromatic heterocycles. The molecule has 2 aliphatic rings. The van der Waals surface area contributed by atoms with Crippen LogP contribution in [0.5, 0.6) is 0 Å². The highest BCUT2D eigenvalue weighted by atomic mass is 16.4. The highest BCUT2D eigenvalue weighted by Gasteiger charge is 2.26. The second-order valence-electron chi connectivity index (χ2n) is 4.79. The van der Waals surface area contributed by atoms with Crippen molar-refractivity contribution in [2.75, 3.05) is 0 Å². The lowest BCUT2D eigenvalue weighted by molar-refractivity contribution is -0.139. The Kier molecular flexibility index (Phi) is 3.21. The third kappa shape index (κ3) is 2.28. The van der Waals surface area contributed by atoms with Gasteiger partial charge in [-0.25, -0.2) is 0 Å². The van der Waals surface area contributed by atoms with Gasteiger partial charge < -0.3 is 5.11 Å². The average molecular weight is 262 g/mol. The fourth-order valence-electron chi connectivity index (χ4n) is 2.51. The lowest BCUT2D eigenvalue weighted by atomic mass is 9.91. The summed E-state index contributed by atoms with van der Waals surface area (Å²) >= 11 is 0. The molecule has 0 fully saturated rings. The van der Waals surface area contributed by atoms with Gasteiger partial charge in [0, 0.05) is 0 Å². The summed E-state index contributed by atoms with van der Waals surface area (Å²) < 4.78 is 0.